The first-order valence-electron chi connectivity index (χ1n) is 13.6. The molecule has 0 radical (unpaired) electrons. The van der Waals surface area contributed by atoms with E-state index in [1.807, 2.05) is 17.1 Å². The molecule has 1 amide bonds. The summed E-state index contributed by atoms with van der Waals surface area (Å²) in [6.07, 6.45) is 23.5. The van der Waals surface area contributed by atoms with E-state index in [0.29, 0.717) is 13.0 Å². The Morgan fingerprint density at radius 3 is 1.97 bits per heavy atom. The number of hydrogen-bond donors (Lipinski definition) is 0. The summed E-state index contributed by atoms with van der Waals surface area (Å²) in [7, 11) is 0. The lowest BCUT2D eigenvalue weighted by Gasteiger charge is -2.26. The van der Waals surface area contributed by atoms with Gasteiger partial charge in [-0.05, 0) is 19.3 Å². The average molecular weight is 468 g/mol. The van der Waals surface area contributed by atoms with Crippen molar-refractivity contribution in [3.05, 3.63) is 17.1 Å². The van der Waals surface area contributed by atoms with E-state index in [-0.39, 0.29) is 12.0 Å². The monoisotopic (exact) mass is 467 g/mol. The SMILES string of the molecule is CCCCCCCCCCCCCCCC(CC)ON(CCC)C(=O)CC[n+]1ccsc1. The van der Waals surface area contributed by atoms with Crippen molar-refractivity contribution in [2.45, 2.75) is 143 Å². The predicted octanol–water partition coefficient (Wildman–Crippen LogP) is 7.86. The van der Waals surface area contributed by atoms with E-state index in [9.17, 15) is 4.79 Å². The Morgan fingerprint density at radius 2 is 1.47 bits per heavy atom. The summed E-state index contributed by atoms with van der Waals surface area (Å²) < 4.78 is 2.07. The van der Waals surface area contributed by atoms with Crippen LogP contribution in [0.1, 0.15) is 130 Å². The van der Waals surface area contributed by atoms with Crippen LogP contribution in [0.15, 0.2) is 17.1 Å². The highest BCUT2D eigenvalue weighted by Crippen LogP contribution is 2.16. The van der Waals surface area contributed by atoms with Gasteiger partial charge in [0.25, 0.3) is 5.91 Å². The fourth-order valence-electron chi connectivity index (χ4n) is 4.08. The van der Waals surface area contributed by atoms with E-state index in [1.54, 1.807) is 16.4 Å². The van der Waals surface area contributed by atoms with Crippen LogP contribution in [-0.2, 0) is 16.2 Å². The number of aryl methyl sites for hydroxylation is 1. The number of hydrogen-bond acceptors (Lipinski definition) is 3. The lowest BCUT2D eigenvalue weighted by atomic mass is 10.0. The average Bonchev–Trinajstić information content (AvgIpc) is 3.32. The van der Waals surface area contributed by atoms with Crippen molar-refractivity contribution >= 4 is 17.2 Å². The molecule has 186 valence electrons. The van der Waals surface area contributed by atoms with E-state index in [4.69, 9.17) is 4.84 Å². The molecule has 0 saturated carbocycles. The number of nitrogens with zero attached hydrogens (tertiary/aromatic N) is 2. The van der Waals surface area contributed by atoms with Crippen LogP contribution < -0.4 is 4.57 Å². The van der Waals surface area contributed by atoms with Crippen molar-refractivity contribution in [2.75, 3.05) is 6.54 Å². The van der Waals surface area contributed by atoms with E-state index < -0.39 is 0 Å². The predicted molar refractivity (Wildman–Crippen MR) is 137 cm³/mol. The largest absolute Gasteiger partial charge is 0.272 e. The fraction of sp³-hybridized carbons (Fsp3) is 0.852. The molecule has 0 bridgehead atoms. The third-order valence-electron chi connectivity index (χ3n) is 6.18. The maximum atomic E-state index is 12.7. The van der Waals surface area contributed by atoms with E-state index in [2.05, 4.69) is 25.3 Å². The smallest absolute Gasteiger partial charge is 0.252 e. The molecule has 0 saturated heterocycles. The molecule has 0 aromatic carbocycles. The van der Waals surface area contributed by atoms with Gasteiger partial charge in [-0.25, -0.2) is 5.06 Å². The molecule has 1 atom stereocenters. The summed E-state index contributed by atoms with van der Waals surface area (Å²) in [5.41, 5.74) is 2.04. The van der Waals surface area contributed by atoms with Gasteiger partial charge in [0.1, 0.15) is 0 Å². The second kappa shape index (κ2) is 20.7. The van der Waals surface area contributed by atoms with E-state index in [0.717, 1.165) is 25.8 Å². The van der Waals surface area contributed by atoms with Gasteiger partial charge in [-0.1, -0.05) is 116 Å². The van der Waals surface area contributed by atoms with Gasteiger partial charge in [0, 0.05) is 6.54 Å². The van der Waals surface area contributed by atoms with Crippen LogP contribution in [-0.4, -0.2) is 23.6 Å². The maximum Gasteiger partial charge on any atom is 0.252 e. The summed E-state index contributed by atoms with van der Waals surface area (Å²) in [5, 5.41) is 3.68. The van der Waals surface area contributed by atoms with E-state index >= 15 is 0 Å². The number of thiazole rings is 1. The van der Waals surface area contributed by atoms with E-state index in [1.165, 1.54) is 83.5 Å². The zero-order chi connectivity index (χ0) is 23.3. The molecule has 0 aliphatic heterocycles. The third kappa shape index (κ3) is 15.0. The van der Waals surface area contributed by atoms with Crippen molar-refractivity contribution in [3.63, 3.8) is 0 Å². The number of unbranched alkanes of at least 4 members (excludes halogenated alkanes) is 12. The van der Waals surface area contributed by atoms with Crippen LogP contribution in [0.25, 0.3) is 0 Å². The molecule has 4 nitrogen and oxygen atoms in total. The highest BCUT2D eigenvalue weighted by Gasteiger charge is 2.19. The van der Waals surface area contributed by atoms with Crippen molar-refractivity contribution in [3.8, 4) is 0 Å². The van der Waals surface area contributed by atoms with Crippen molar-refractivity contribution < 1.29 is 14.2 Å². The first-order chi connectivity index (χ1) is 15.7. The molecule has 0 aliphatic carbocycles. The summed E-state index contributed by atoms with van der Waals surface area (Å²) in [6, 6.07) is 0. The minimum atomic E-state index is 0.106. The van der Waals surface area contributed by atoms with Gasteiger partial charge in [-0.15, -0.1) is 0 Å². The van der Waals surface area contributed by atoms with Crippen LogP contribution >= 0.6 is 11.3 Å². The Balaban J connectivity index is 2.09. The molecule has 1 unspecified atom stereocenters. The molecule has 0 N–H and O–H groups in total. The number of rotatable bonds is 22. The highest BCUT2D eigenvalue weighted by atomic mass is 32.1. The minimum Gasteiger partial charge on any atom is -0.272 e. The van der Waals surface area contributed by atoms with Gasteiger partial charge in [0.05, 0.1) is 17.9 Å². The maximum absolute atomic E-state index is 12.7. The Bertz CT molecular complexity index is 536. The molecule has 1 heterocycles. The molecule has 0 spiro atoms. The normalized spacial score (nSPS) is 12.2. The molecule has 1 rings (SSSR count). The van der Waals surface area contributed by atoms with Crippen LogP contribution in [0.2, 0.25) is 0 Å². The van der Waals surface area contributed by atoms with Crippen molar-refractivity contribution in [1.29, 1.82) is 0 Å². The molecule has 5 heteroatoms. The number of carbonyl (C=O) groups excluding carboxylic acids is 1. The Labute approximate surface area is 202 Å². The minimum absolute atomic E-state index is 0.106. The first kappa shape index (κ1) is 29.1. The van der Waals surface area contributed by atoms with Gasteiger partial charge in [-0.2, -0.15) is 4.57 Å². The molecule has 0 fully saturated rings. The number of aromatic nitrogens is 1. The Hall–Kier alpha value is -0.940. The molecular weight excluding hydrogens is 416 g/mol. The highest BCUT2D eigenvalue weighted by molar-refractivity contribution is 7.07. The summed E-state index contributed by atoms with van der Waals surface area (Å²) >= 11 is 1.65. The van der Waals surface area contributed by atoms with Gasteiger partial charge in [0.2, 0.25) is 5.51 Å². The zero-order valence-corrected chi connectivity index (χ0v) is 22.2. The van der Waals surface area contributed by atoms with Crippen LogP contribution in [0.3, 0.4) is 0 Å². The Kier molecular flexibility index (Phi) is 18.8. The lowest BCUT2D eigenvalue weighted by molar-refractivity contribution is -0.691. The standard InChI is InChI=1S/C27H51N2O2S/c1-4-7-8-9-10-11-12-13-14-15-16-17-18-19-26(6-3)31-29(21-5-2)27(30)20-22-28-23-24-32-25-28/h23-26H,4-22H2,1-3H3/q+1. The van der Waals surface area contributed by atoms with Crippen molar-refractivity contribution in [1.82, 2.24) is 5.06 Å². The van der Waals surface area contributed by atoms with Gasteiger partial charge in [0.15, 0.2) is 12.7 Å². The summed E-state index contributed by atoms with van der Waals surface area (Å²) in [6.45, 7) is 7.96. The third-order valence-corrected chi connectivity index (χ3v) is 6.85. The fourth-order valence-corrected chi connectivity index (χ4v) is 4.71. The van der Waals surface area contributed by atoms with Crippen LogP contribution in [0.4, 0.5) is 0 Å². The van der Waals surface area contributed by atoms with Gasteiger partial charge < -0.3 is 0 Å². The molecule has 1 aromatic rings. The van der Waals surface area contributed by atoms with Gasteiger partial charge in [-0.3, -0.25) is 9.63 Å². The molecule has 32 heavy (non-hydrogen) atoms. The van der Waals surface area contributed by atoms with Crippen LogP contribution in [0, 0.1) is 0 Å². The summed E-state index contributed by atoms with van der Waals surface area (Å²) in [4.78, 5) is 18.8. The number of amides is 1. The van der Waals surface area contributed by atoms with Crippen LogP contribution in [0.5, 0.6) is 0 Å². The number of hydroxylamine groups is 2. The number of carbonyl (C=O) groups is 1. The first-order valence-corrected chi connectivity index (χ1v) is 14.5. The second-order valence-corrected chi connectivity index (χ2v) is 9.93. The quantitative estimate of drug-likeness (QED) is 0.0988. The molecule has 0 aliphatic rings. The lowest BCUT2D eigenvalue weighted by Crippen LogP contribution is -2.39. The topological polar surface area (TPSA) is 33.4 Å². The molecular formula is C27H51N2O2S+. The zero-order valence-electron chi connectivity index (χ0n) is 21.4. The second-order valence-electron chi connectivity index (χ2n) is 9.18. The van der Waals surface area contributed by atoms with Gasteiger partial charge >= 0.3 is 0 Å². The molecule has 1 aromatic heterocycles. The summed E-state index contributed by atoms with van der Waals surface area (Å²) in [5.74, 6) is 0.106. The Morgan fingerprint density at radius 1 is 0.875 bits per heavy atom. The van der Waals surface area contributed by atoms with Crippen molar-refractivity contribution in [2.24, 2.45) is 0 Å².